The van der Waals surface area contributed by atoms with Crippen molar-refractivity contribution in [1.82, 2.24) is 9.97 Å². The first kappa shape index (κ1) is 12.1. The second-order valence-electron chi connectivity index (χ2n) is 5.11. The molecule has 1 saturated carbocycles. The summed E-state index contributed by atoms with van der Waals surface area (Å²) in [5.41, 5.74) is 0.213. The SMILES string of the molecule is CCNc1cc(NC2(C)CCCC2)nc(C)n1. The minimum Gasteiger partial charge on any atom is -0.370 e. The maximum absolute atomic E-state index is 4.46. The predicted molar refractivity (Wildman–Crippen MR) is 71.4 cm³/mol. The molecule has 1 aromatic heterocycles. The predicted octanol–water partition coefficient (Wildman–Crippen LogP) is 2.96. The van der Waals surface area contributed by atoms with Crippen LogP contribution in [0.5, 0.6) is 0 Å². The van der Waals surface area contributed by atoms with Gasteiger partial charge >= 0.3 is 0 Å². The molecule has 0 atom stereocenters. The smallest absolute Gasteiger partial charge is 0.132 e. The number of aromatic nitrogens is 2. The second kappa shape index (κ2) is 4.90. The Morgan fingerprint density at radius 2 is 1.88 bits per heavy atom. The van der Waals surface area contributed by atoms with Crippen LogP contribution in [-0.4, -0.2) is 22.1 Å². The van der Waals surface area contributed by atoms with Crippen molar-refractivity contribution in [3.8, 4) is 0 Å². The minimum absolute atomic E-state index is 0.213. The number of hydrogen-bond acceptors (Lipinski definition) is 4. The number of anilines is 2. The number of aryl methyl sites for hydroxylation is 1. The van der Waals surface area contributed by atoms with Crippen LogP contribution in [-0.2, 0) is 0 Å². The van der Waals surface area contributed by atoms with Crippen molar-refractivity contribution in [3.63, 3.8) is 0 Å². The van der Waals surface area contributed by atoms with Crippen LogP contribution in [0.25, 0.3) is 0 Å². The van der Waals surface area contributed by atoms with E-state index >= 15 is 0 Å². The molecule has 94 valence electrons. The maximum Gasteiger partial charge on any atom is 0.132 e. The second-order valence-corrected chi connectivity index (χ2v) is 5.11. The van der Waals surface area contributed by atoms with Crippen LogP contribution in [0.1, 0.15) is 45.4 Å². The third kappa shape index (κ3) is 3.08. The van der Waals surface area contributed by atoms with Gasteiger partial charge in [0.25, 0.3) is 0 Å². The Kier molecular flexibility index (Phi) is 3.50. The molecule has 1 aliphatic rings. The molecule has 0 amide bonds. The Labute approximate surface area is 103 Å². The van der Waals surface area contributed by atoms with Crippen LogP contribution < -0.4 is 10.6 Å². The lowest BCUT2D eigenvalue weighted by molar-refractivity contribution is 0.530. The Morgan fingerprint density at radius 3 is 2.53 bits per heavy atom. The molecular formula is C13H22N4. The summed E-state index contributed by atoms with van der Waals surface area (Å²) in [6.45, 7) is 7.17. The molecule has 4 nitrogen and oxygen atoms in total. The van der Waals surface area contributed by atoms with E-state index in [0.29, 0.717) is 0 Å². The van der Waals surface area contributed by atoms with Gasteiger partial charge in [-0.15, -0.1) is 0 Å². The molecule has 0 spiro atoms. The Balaban J connectivity index is 2.14. The summed E-state index contributed by atoms with van der Waals surface area (Å²) in [5.74, 6) is 2.66. The Hall–Kier alpha value is -1.32. The molecular weight excluding hydrogens is 212 g/mol. The van der Waals surface area contributed by atoms with E-state index in [1.165, 1.54) is 25.7 Å². The van der Waals surface area contributed by atoms with Gasteiger partial charge in [0.2, 0.25) is 0 Å². The van der Waals surface area contributed by atoms with Gasteiger partial charge < -0.3 is 10.6 Å². The summed E-state index contributed by atoms with van der Waals surface area (Å²) in [6, 6.07) is 2.00. The average Bonchev–Trinajstić information content (AvgIpc) is 2.64. The molecule has 0 saturated heterocycles. The van der Waals surface area contributed by atoms with Gasteiger partial charge in [-0.05, 0) is 33.6 Å². The molecule has 0 aromatic carbocycles. The summed E-state index contributed by atoms with van der Waals surface area (Å²) < 4.78 is 0. The van der Waals surface area contributed by atoms with Crippen LogP contribution in [0.4, 0.5) is 11.6 Å². The van der Waals surface area contributed by atoms with E-state index in [2.05, 4.69) is 34.4 Å². The number of rotatable bonds is 4. The summed E-state index contributed by atoms with van der Waals surface area (Å²) in [7, 11) is 0. The molecule has 0 bridgehead atoms. The van der Waals surface area contributed by atoms with Crippen LogP contribution in [0.2, 0.25) is 0 Å². The molecule has 1 aliphatic carbocycles. The van der Waals surface area contributed by atoms with Gasteiger partial charge in [0.05, 0.1) is 0 Å². The lowest BCUT2D eigenvalue weighted by Crippen LogP contribution is -2.31. The van der Waals surface area contributed by atoms with E-state index in [9.17, 15) is 0 Å². The number of nitrogens with one attached hydrogen (secondary N) is 2. The van der Waals surface area contributed by atoms with Crippen LogP contribution in [0, 0.1) is 6.92 Å². The maximum atomic E-state index is 4.46. The van der Waals surface area contributed by atoms with Gasteiger partial charge in [0.1, 0.15) is 17.5 Å². The molecule has 2 rings (SSSR count). The van der Waals surface area contributed by atoms with E-state index in [-0.39, 0.29) is 5.54 Å². The third-order valence-corrected chi connectivity index (χ3v) is 3.33. The quantitative estimate of drug-likeness (QED) is 0.841. The molecule has 0 unspecified atom stereocenters. The van der Waals surface area contributed by atoms with E-state index in [0.717, 1.165) is 24.0 Å². The van der Waals surface area contributed by atoms with Gasteiger partial charge in [-0.3, -0.25) is 0 Å². The van der Waals surface area contributed by atoms with E-state index in [1.807, 2.05) is 13.0 Å². The van der Waals surface area contributed by atoms with Gasteiger partial charge in [-0.25, -0.2) is 9.97 Å². The molecule has 0 aliphatic heterocycles. The van der Waals surface area contributed by atoms with Crippen LogP contribution in [0.15, 0.2) is 6.07 Å². The molecule has 1 heterocycles. The Bertz CT molecular complexity index is 383. The van der Waals surface area contributed by atoms with Gasteiger partial charge in [0, 0.05) is 18.2 Å². The van der Waals surface area contributed by atoms with Gasteiger partial charge in [-0.1, -0.05) is 12.8 Å². The van der Waals surface area contributed by atoms with Crippen molar-refractivity contribution < 1.29 is 0 Å². The number of hydrogen-bond donors (Lipinski definition) is 2. The zero-order valence-electron chi connectivity index (χ0n) is 11.0. The molecule has 0 radical (unpaired) electrons. The normalized spacial score (nSPS) is 18.1. The summed E-state index contributed by atoms with van der Waals surface area (Å²) in [6.07, 6.45) is 5.08. The first-order chi connectivity index (χ1) is 8.11. The molecule has 2 N–H and O–H groups in total. The monoisotopic (exact) mass is 234 g/mol. The standard InChI is InChI=1S/C13H22N4/c1-4-14-11-9-12(16-10(2)15-11)17-13(3)7-5-6-8-13/h9H,4-8H2,1-3H3,(H2,14,15,16,17). The first-order valence-corrected chi connectivity index (χ1v) is 6.49. The fraction of sp³-hybridized carbons (Fsp3) is 0.692. The van der Waals surface area contributed by atoms with Crippen molar-refractivity contribution >= 4 is 11.6 Å². The van der Waals surface area contributed by atoms with Crippen molar-refractivity contribution in [2.45, 2.75) is 52.0 Å². The summed E-state index contributed by atoms with van der Waals surface area (Å²) in [5, 5.41) is 6.80. The Morgan fingerprint density at radius 1 is 1.24 bits per heavy atom. The van der Waals surface area contributed by atoms with E-state index in [1.54, 1.807) is 0 Å². The third-order valence-electron chi connectivity index (χ3n) is 3.33. The van der Waals surface area contributed by atoms with Crippen molar-refractivity contribution in [2.24, 2.45) is 0 Å². The number of nitrogens with zero attached hydrogens (tertiary/aromatic N) is 2. The van der Waals surface area contributed by atoms with E-state index < -0.39 is 0 Å². The lowest BCUT2D eigenvalue weighted by Gasteiger charge is -2.26. The minimum atomic E-state index is 0.213. The highest BCUT2D eigenvalue weighted by Crippen LogP contribution is 2.32. The lowest BCUT2D eigenvalue weighted by atomic mass is 10.0. The van der Waals surface area contributed by atoms with Crippen molar-refractivity contribution in [2.75, 3.05) is 17.2 Å². The molecule has 1 aromatic rings. The molecule has 1 fully saturated rings. The fourth-order valence-corrected chi connectivity index (χ4v) is 2.49. The fourth-order valence-electron chi connectivity index (χ4n) is 2.49. The van der Waals surface area contributed by atoms with Crippen molar-refractivity contribution in [1.29, 1.82) is 0 Å². The molecule has 4 heteroatoms. The van der Waals surface area contributed by atoms with Gasteiger partial charge in [-0.2, -0.15) is 0 Å². The van der Waals surface area contributed by atoms with E-state index in [4.69, 9.17) is 0 Å². The highest BCUT2D eigenvalue weighted by atomic mass is 15.1. The van der Waals surface area contributed by atoms with Gasteiger partial charge in [0.15, 0.2) is 0 Å². The van der Waals surface area contributed by atoms with Crippen LogP contribution in [0.3, 0.4) is 0 Å². The van der Waals surface area contributed by atoms with Crippen molar-refractivity contribution in [3.05, 3.63) is 11.9 Å². The largest absolute Gasteiger partial charge is 0.370 e. The highest BCUT2D eigenvalue weighted by Gasteiger charge is 2.28. The topological polar surface area (TPSA) is 49.8 Å². The zero-order valence-corrected chi connectivity index (χ0v) is 11.0. The van der Waals surface area contributed by atoms with Crippen LogP contribution >= 0.6 is 0 Å². The summed E-state index contributed by atoms with van der Waals surface area (Å²) >= 11 is 0. The average molecular weight is 234 g/mol. The summed E-state index contributed by atoms with van der Waals surface area (Å²) in [4.78, 5) is 8.82. The highest BCUT2D eigenvalue weighted by molar-refractivity contribution is 5.48. The first-order valence-electron chi connectivity index (χ1n) is 6.49. The molecule has 17 heavy (non-hydrogen) atoms. The zero-order chi connectivity index (χ0) is 12.3.